The number of aromatic nitrogens is 3. The van der Waals surface area contributed by atoms with Crippen molar-refractivity contribution < 1.29 is 14.1 Å². The van der Waals surface area contributed by atoms with Gasteiger partial charge in [-0.25, -0.2) is 0 Å². The Morgan fingerprint density at radius 1 is 1.03 bits per heavy atom. The van der Waals surface area contributed by atoms with E-state index in [9.17, 15) is 14.9 Å². The number of nitrogens with one attached hydrogen (secondary N) is 1. The third-order valence-corrected chi connectivity index (χ3v) is 5.24. The van der Waals surface area contributed by atoms with Crippen LogP contribution in [0.25, 0.3) is 11.5 Å². The maximum atomic E-state index is 13.1. The van der Waals surface area contributed by atoms with Gasteiger partial charge in [0.2, 0.25) is 11.7 Å². The van der Waals surface area contributed by atoms with E-state index in [-0.39, 0.29) is 21.8 Å². The quantitative estimate of drug-likeness (QED) is 0.0956. The minimum absolute atomic E-state index is 0.0144. The number of Topliss-reactive ketones (excluding diaryl/α,β-unsaturated/α-hetero) is 1. The number of anilines is 1. The molecule has 0 spiro atoms. The van der Waals surface area contributed by atoms with Crippen LogP contribution in [0.5, 0.6) is 0 Å². The number of thioether (sulfide) groups is 1. The number of ketones is 1. The molecule has 0 aliphatic rings. The lowest BCUT2D eigenvalue weighted by Crippen LogP contribution is -2.13. The van der Waals surface area contributed by atoms with E-state index in [0.29, 0.717) is 21.8 Å². The summed E-state index contributed by atoms with van der Waals surface area (Å²) in [5, 5.41) is 23.6. The number of benzene rings is 2. The van der Waals surface area contributed by atoms with Crippen LogP contribution in [0.3, 0.4) is 0 Å². The smallest absolute Gasteiger partial charge is 0.283 e. The molecule has 0 aliphatic heterocycles. The van der Waals surface area contributed by atoms with Crippen LogP contribution in [0.1, 0.15) is 10.4 Å². The van der Waals surface area contributed by atoms with Gasteiger partial charge in [0.25, 0.3) is 10.9 Å². The Hall–Kier alpha value is -4.09. The molecule has 0 aliphatic carbocycles. The molecule has 0 saturated carbocycles. The lowest BCUT2D eigenvalue weighted by atomic mass is 10.1. The van der Waals surface area contributed by atoms with E-state index in [4.69, 9.17) is 16.0 Å². The highest BCUT2D eigenvalue weighted by Crippen LogP contribution is 2.26. The van der Waals surface area contributed by atoms with Crippen molar-refractivity contribution in [1.82, 2.24) is 15.2 Å². The van der Waals surface area contributed by atoms with Crippen LogP contribution in [0.2, 0.25) is 5.02 Å². The highest BCUT2D eigenvalue weighted by molar-refractivity contribution is 8.15. The molecule has 4 rings (SSSR count). The normalized spacial score (nSPS) is 11.2. The molecular formula is C21H13ClN6O4S. The number of carbonyl (C=O) groups is 1. The van der Waals surface area contributed by atoms with Gasteiger partial charge in [0, 0.05) is 40.7 Å². The van der Waals surface area contributed by atoms with Gasteiger partial charge in [-0.15, -0.1) is 10.2 Å². The zero-order valence-corrected chi connectivity index (χ0v) is 18.2. The van der Waals surface area contributed by atoms with Crippen LogP contribution in [-0.2, 0) is 0 Å². The van der Waals surface area contributed by atoms with Crippen LogP contribution in [0, 0.1) is 10.1 Å². The molecule has 2 aromatic carbocycles. The number of nitro groups is 1. The monoisotopic (exact) mass is 480 g/mol. The number of rotatable bonds is 7. The topological polar surface area (TPSA) is 136 Å². The maximum Gasteiger partial charge on any atom is 0.283 e. The van der Waals surface area contributed by atoms with Crippen molar-refractivity contribution >= 4 is 45.6 Å². The van der Waals surface area contributed by atoms with Crippen LogP contribution < -0.4 is 5.43 Å². The Labute approximate surface area is 195 Å². The lowest BCUT2D eigenvalue weighted by molar-refractivity contribution is -0.384. The minimum Gasteiger partial charge on any atom is -0.411 e. The molecule has 33 heavy (non-hydrogen) atoms. The Balaban J connectivity index is 1.60. The van der Waals surface area contributed by atoms with Gasteiger partial charge in [0.15, 0.2) is 5.04 Å². The fourth-order valence-corrected chi connectivity index (χ4v) is 3.36. The van der Waals surface area contributed by atoms with Crippen LogP contribution in [0.15, 0.2) is 87.8 Å². The first-order valence-electron chi connectivity index (χ1n) is 9.30. The number of hydrogen-bond donors (Lipinski definition) is 1. The summed E-state index contributed by atoms with van der Waals surface area (Å²) in [5.74, 6) is -0.142. The molecule has 0 unspecified atom stereocenters. The van der Waals surface area contributed by atoms with Gasteiger partial charge in [-0.2, -0.15) is 5.10 Å². The molecule has 1 N–H and O–H groups in total. The molecule has 12 heteroatoms. The highest BCUT2D eigenvalue weighted by atomic mass is 35.5. The molecule has 0 amide bonds. The summed E-state index contributed by atoms with van der Waals surface area (Å²) in [4.78, 5) is 27.3. The van der Waals surface area contributed by atoms with Gasteiger partial charge in [-0.05, 0) is 60.3 Å². The van der Waals surface area contributed by atoms with Crippen molar-refractivity contribution in [3.8, 4) is 11.5 Å². The highest BCUT2D eigenvalue weighted by Gasteiger charge is 2.20. The first kappa shape index (κ1) is 22.1. The molecule has 10 nitrogen and oxygen atoms in total. The van der Waals surface area contributed by atoms with Crippen LogP contribution in [-0.4, -0.2) is 30.9 Å². The number of non-ortho nitro benzene ring substituents is 1. The summed E-state index contributed by atoms with van der Waals surface area (Å²) < 4.78 is 5.66. The summed E-state index contributed by atoms with van der Waals surface area (Å²) in [7, 11) is 0. The molecule has 164 valence electrons. The fourth-order valence-electron chi connectivity index (χ4n) is 2.56. The Bertz CT molecular complexity index is 1310. The van der Waals surface area contributed by atoms with E-state index in [0.717, 1.165) is 11.8 Å². The second-order valence-electron chi connectivity index (χ2n) is 6.38. The minimum atomic E-state index is -0.506. The fraction of sp³-hybridized carbons (Fsp3) is 0. The van der Waals surface area contributed by atoms with Crippen molar-refractivity contribution in [2.45, 2.75) is 5.22 Å². The molecule has 4 aromatic rings. The molecular weight excluding hydrogens is 468 g/mol. The summed E-state index contributed by atoms with van der Waals surface area (Å²) in [6, 6.07) is 15.4. The number of halogens is 1. The molecule has 0 fully saturated rings. The van der Waals surface area contributed by atoms with Crippen molar-refractivity contribution in [2.75, 3.05) is 5.43 Å². The van der Waals surface area contributed by atoms with E-state index >= 15 is 0 Å². The third-order valence-electron chi connectivity index (χ3n) is 4.18. The summed E-state index contributed by atoms with van der Waals surface area (Å²) in [5.41, 5.74) is 4.15. The van der Waals surface area contributed by atoms with Gasteiger partial charge >= 0.3 is 0 Å². The third kappa shape index (κ3) is 5.59. The second-order valence-corrected chi connectivity index (χ2v) is 7.76. The maximum absolute atomic E-state index is 13.1. The van der Waals surface area contributed by atoms with Gasteiger partial charge in [0.05, 0.1) is 10.6 Å². The largest absolute Gasteiger partial charge is 0.411 e. The van der Waals surface area contributed by atoms with E-state index in [1.54, 1.807) is 48.8 Å². The van der Waals surface area contributed by atoms with Crippen molar-refractivity contribution in [3.63, 3.8) is 0 Å². The molecule has 0 atom stereocenters. The van der Waals surface area contributed by atoms with Crippen molar-refractivity contribution in [3.05, 3.63) is 93.8 Å². The Morgan fingerprint density at radius 2 is 1.73 bits per heavy atom. The first-order valence-corrected chi connectivity index (χ1v) is 10.5. The van der Waals surface area contributed by atoms with Crippen LogP contribution >= 0.6 is 23.4 Å². The van der Waals surface area contributed by atoms with Crippen LogP contribution in [0.4, 0.5) is 11.4 Å². The molecule has 0 saturated heterocycles. The summed E-state index contributed by atoms with van der Waals surface area (Å²) >= 11 is 6.80. The number of hydrazone groups is 1. The van der Waals surface area contributed by atoms with E-state index in [1.165, 1.54) is 24.3 Å². The van der Waals surface area contributed by atoms with Gasteiger partial charge in [-0.1, -0.05) is 11.6 Å². The standard InChI is InChI=1S/C21H13ClN6O4S/c22-15-3-1-13(2-4-15)18(29)20(26-24-16-5-7-17(8-6-16)28(30)31)33-21-27-25-19(32-21)14-9-11-23-12-10-14/h1-12,24H/b26-20+. The number of hydrogen-bond acceptors (Lipinski definition) is 10. The van der Waals surface area contributed by atoms with E-state index in [1.807, 2.05) is 0 Å². The number of carbonyl (C=O) groups excluding carboxylic acids is 1. The zero-order valence-electron chi connectivity index (χ0n) is 16.6. The van der Waals surface area contributed by atoms with E-state index in [2.05, 4.69) is 25.7 Å². The second kappa shape index (κ2) is 10.0. The van der Waals surface area contributed by atoms with Crippen molar-refractivity contribution in [1.29, 1.82) is 0 Å². The number of nitro benzene ring substituents is 1. The number of pyridine rings is 1. The number of nitrogens with zero attached hydrogens (tertiary/aromatic N) is 5. The van der Waals surface area contributed by atoms with Crippen molar-refractivity contribution in [2.24, 2.45) is 5.10 Å². The van der Waals surface area contributed by atoms with E-state index < -0.39 is 10.7 Å². The molecule has 0 radical (unpaired) electrons. The van der Waals surface area contributed by atoms with Gasteiger partial charge < -0.3 is 4.42 Å². The zero-order chi connectivity index (χ0) is 23.2. The Morgan fingerprint density at radius 3 is 2.39 bits per heavy atom. The molecule has 2 aromatic heterocycles. The lowest BCUT2D eigenvalue weighted by Gasteiger charge is -2.05. The average molecular weight is 481 g/mol. The first-order chi connectivity index (χ1) is 16.0. The summed E-state index contributed by atoms with van der Waals surface area (Å²) in [6.07, 6.45) is 3.19. The predicted octanol–water partition coefficient (Wildman–Crippen LogP) is 5.09. The summed E-state index contributed by atoms with van der Waals surface area (Å²) in [6.45, 7) is 0. The van der Waals surface area contributed by atoms with Gasteiger partial charge in [0.1, 0.15) is 0 Å². The molecule has 2 heterocycles. The van der Waals surface area contributed by atoms with Gasteiger partial charge in [-0.3, -0.25) is 25.3 Å². The Kier molecular flexibility index (Phi) is 6.72. The average Bonchev–Trinajstić information content (AvgIpc) is 3.31. The molecule has 0 bridgehead atoms. The predicted molar refractivity (Wildman–Crippen MR) is 123 cm³/mol. The SMILES string of the molecule is O=C(/C(=N\Nc1ccc([N+](=O)[O-])cc1)Sc1nnc(-c2ccncc2)o1)c1ccc(Cl)cc1.